The fourth-order valence-corrected chi connectivity index (χ4v) is 3.77. The lowest BCUT2D eigenvalue weighted by Gasteiger charge is -2.28. The largest absolute Gasteiger partial charge is 0.382 e. The van der Waals surface area contributed by atoms with Crippen LogP contribution in [0.15, 0.2) is 30.3 Å². The number of hydrogen-bond donors (Lipinski definition) is 1. The zero-order chi connectivity index (χ0) is 17.3. The molecule has 24 heavy (non-hydrogen) atoms. The van der Waals surface area contributed by atoms with Crippen LogP contribution in [-0.2, 0) is 19.5 Å². The van der Waals surface area contributed by atoms with E-state index in [0.29, 0.717) is 19.8 Å². The Labute approximate surface area is 145 Å². The Morgan fingerprint density at radius 2 is 1.83 bits per heavy atom. The van der Waals surface area contributed by atoms with Crippen LogP contribution in [0.4, 0.5) is 0 Å². The van der Waals surface area contributed by atoms with Gasteiger partial charge in [0.05, 0.1) is 25.6 Å². The lowest BCUT2D eigenvalue weighted by atomic mass is 10.1. The van der Waals surface area contributed by atoms with E-state index in [9.17, 15) is 8.42 Å². The molecule has 1 atom stereocenters. The zero-order valence-electron chi connectivity index (χ0n) is 14.3. The van der Waals surface area contributed by atoms with Crippen molar-refractivity contribution in [2.24, 2.45) is 0 Å². The van der Waals surface area contributed by atoms with Crippen LogP contribution in [0.2, 0.25) is 0 Å². The summed E-state index contributed by atoms with van der Waals surface area (Å²) in [6.45, 7) is 3.48. The van der Waals surface area contributed by atoms with Gasteiger partial charge in [-0.25, -0.2) is 13.1 Å². The first kappa shape index (κ1) is 19.3. The Kier molecular flexibility index (Phi) is 8.14. The quantitative estimate of drug-likeness (QED) is 0.607. The molecule has 0 radical (unpaired) electrons. The molecule has 0 aliphatic carbocycles. The van der Waals surface area contributed by atoms with E-state index in [0.717, 1.165) is 18.7 Å². The summed E-state index contributed by atoms with van der Waals surface area (Å²) in [6.07, 6.45) is 2.34. The average molecular weight is 356 g/mol. The summed E-state index contributed by atoms with van der Waals surface area (Å²) < 4.78 is 37.2. The molecular weight excluding hydrogens is 328 g/mol. The van der Waals surface area contributed by atoms with Crippen LogP contribution in [0, 0.1) is 0 Å². The monoisotopic (exact) mass is 356 g/mol. The lowest BCUT2D eigenvalue weighted by Crippen LogP contribution is -2.38. The van der Waals surface area contributed by atoms with Gasteiger partial charge in [0.1, 0.15) is 0 Å². The average Bonchev–Trinajstić information content (AvgIpc) is 3.10. The number of nitrogens with one attached hydrogen (secondary N) is 1. The van der Waals surface area contributed by atoms with E-state index in [-0.39, 0.29) is 18.4 Å². The van der Waals surface area contributed by atoms with Gasteiger partial charge in [-0.05, 0) is 31.5 Å². The Bertz CT molecular complexity index is 559. The van der Waals surface area contributed by atoms with Crippen LogP contribution in [-0.4, -0.2) is 65.6 Å². The Hall–Kier alpha value is -0.990. The number of methoxy groups -OCH3 is 1. The summed E-state index contributed by atoms with van der Waals surface area (Å²) in [5.41, 5.74) is 1.15. The van der Waals surface area contributed by atoms with Crippen LogP contribution in [0.1, 0.15) is 24.4 Å². The molecule has 1 unspecified atom stereocenters. The smallest absolute Gasteiger partial charge is 0.213 e. The van der Waals surface area contributed by atoms with Crippen molar-refractivity contribution >= 4 is 10.0 Å². The van der Waals surface area contributed by atoms with Crippen LogP contribution in [0.3, 0.4) is 0 Å². The summed E-state index contributed by atoms with van der Waals surface area (Å²) in [6, 6.07) is 10.2. The number of rotatable bonds is 11. The highest BCUT2D eigenvalue weighted by Gasteiger charge is 2.24. The van der Waals surface area contributed by atoms with Crippen molar-refractivity contribution in [1.29, 1.82) is 0 Å². The molecule has 0 amide bonds. The Morgan fingerprint density at radius 1 is 1.12 bits per heavy atom. The minimum absolute atomic E-state index is 0.0295. The number of sulfonamides is 1. The highest BCUT2D eigenvalue weighted by Crippen LogP contribution is 2.24. The number of benzene rings is 1. The molecule has 0 spiro atoms. The summed E-state index contributed by atoms with van der Waals surface area (Å²) in [7, 11) is -1.76. The van der Waals surface area contributed by atoms with Gasteiger partial charge in [-0.1, -0.05) is 30.3 Å². The summed E-state index contributed by atoms with van der Waals surface area (Å²) in [4.78, 5) is 2.35. The standard InChI is InChI=1S/C17H28N2O4S/c1-22-11-12-23-13-14-24(20,21)18-15-17(19-9-5-6-10-19)16-7-3-2-4-8-16/h2-4,7-8,17-18H,5-6,9-15H2,1H3. The van der Waals surface area contributed by atoms with Gasteiger partial charge in [-0.3, -0.25) is 4.90 Å². The first-order valence-corrected chi connectivity index (χ1v) is 10.1. The van der Waals surface area contributed by atoms with E-state index in [1.807, 2.05) is 18.2 Å². The number of nitrogens with zero attached hydrogens (tertiary/aromatic N) is 1. The highest BCUT2D eigenvalue weighted by atomic mass is 32.2. The van der Waals surface area contributed by atoms with Crippen LogP contribution < -0.4 is 4.72 Å². The third-order valence-electron chi connectivity index (χ3n) is 4.19. The molecule has 1 aliphatic heterocycles. The maximum Gasteiger partial charge on any atom is 0.213 e. The molecule has 1 saturated heterocycles. The molecule has 1 N–H and O–H groups in total. The molecule has 136 valence electrons. The molecule has 0 bridgehead atoms. The normalized spacial score (nSPS) is 17.2. The Morgan fingerprint density at radius 3 is 2.50 bits per heavy atom. The van der Waals surface area contributed by atoms with Crippen molar-refractivity contribution in [3.63, 3.8) is 0 Å². The van der Waals surface area contributed by atoms with Gasteiger partial charge in [0, 0.05) is 19.7 Å². The summed E-state index contributed by atoms with van der Waals surface area (Å²) in [5, 5.41) is 0. The number of ether oxygens (including phenoxy) is 2. The summed E-state index contributed by atoms with van der Waals surface area (Å²) >= 11 is 0. The molecule has 1 aromatic carbocycles. The fraction of sp³-hybridized carbons (Fsp3) is 0.647. The minimum Gasteiger partial charge on any atom is -0.382 e. The van der Waals surface area contributed by atoms with Gasteiger partial charge in [-0.2, -0.15) is 0 Å². The molecule has 1 heterocycles. The molecule has 0 saturated carbocycles. The fourth-order valence-electron chi connectivity index (χ4n) is 2.88. The van der Waals surface area contributed by atoms with Crippen LogP contribution >= 0.6 is 0 Å². The van der Waals surface area contributed by atoms with E-state index in [2.05, 4.69) is 21.8 Å². The van der Waals surface area contributed by atoms with Crippen LogP contribution in [0.25, 0.3) is 0 Å². The van der Waals surface area contributed by atoms with E-state index in [4.69, 9.17) is 9.47 Å². The van der Waals surface area contributed by atoms with Crippen molar-refractivity contribution in [1.82, 2.24) is 9.62 Å². The van der Waals surface area contributed by atoms with Gasteiger partial charge in [0.2, 0.25) is 10.0 Å². The van der Waals surface area contributed by atoms with Gasteiger partial charge >= 0.3 is 0 Å². The predicted octanol–water partition coefficient (Wildman–Crippen LogP) is 1.41. The zero-order valence-corrected chi connectivity index (χ0v) is 15.1. The van der Waals surface area contributed by atoms with E-state index < -0.39 is 10.0 Å². The van der Waals surface area contributed by atoms with Crippen LogP contribution in [0.5, 0.6) is 0 Å². The highest BCUT2D eigenvalue weighted by molar-refractivity contribution is 7.89. The maximum absolute atomic E-state index is 12.2. The first-order chi connectivity index (χ1) is 11.6. The SMILES string of the molecule is COCCOCCS(=O)(=O)NCC(c1ccccc1)N1CCCC1. The molecule has 0 aromatic heterocycles. The molecule has 6 nitrogen and oxygen atoms in total. The minimum atomic E-state index is -3.34. The van der Waals surface area contributed by atoms with E-state index >= 15 is 0 Å². The predicted molar refractivity (Wildman–Crippen MR) is 94.5 cm³/mol. The van der Waals surface area contributed by atoms with E-state index in [1.165, 1.54) is 12.8 Å². The van der Waals surface area contributed by atoms with Crippen molar-refractivity contribution in [3.05, 3.63) is 35.9 Å². The van der Waals surface area contributed by atoms with Crippen molar-refractivity contribution < 1.29 is 17.9 Å². The number of likely N-dealkylation sites (tertiary alicyclic amines) is 1. The van der Waals surface area contributed by atoms with Gasteiger partial charge < -0.3 is 9.47 Å². The maximum atomic E-state index is 12.2. The topological polar surface area (TPSA) is 67.9 Å². The first-order valence-electron chi connectivity index (χ1n) is 8.45. The number of hydrogen-bond acceptors (Lipinski definition) is 5. The Balaban J connectivity index is 1.87. The second-order valence-electron chi connectivity index (χ2n) is 5.94. The molecular formula is C17H28N2O4S. The lowest BCUT2D eigenvalue weighted by molar-refractivity contribution is 0.0784. The molecule has 7 heteroatoms. The van der Waals surface area contributed by atoms with Crippen molar-refractivity contribution in [2.45, 2.75) is 18.9 Å². The van der Waals surface area contributed by atoms with Crippen molar-refractivity contribution in [3.8, 4) is 0 Å². The third-order valence-corrected chi connectivity index (χ3v) is 5.50. The van der Waals surface area contributed by atoms with Gasteiger partial charge in [0.15, 0.2) is 0 Å². The molecule has 2 rings (SSSR count). The second-order valence-corrected chi connectivity index (χ2v) is 7.87. The second kappa shape index (κ2) is 10.1. The van der Waals surface area contributed by atoms with Gasteiger partial charge in [0.25, 0.3) is 0 Å². The van der Waals surface area contributed by atoms with E-state index in [1.54, 1.807) is 7.11 Å². The molecule has 1 aliphatic rings. The third kappa shape index (κ3) is 6.49. The molecule has 1 fully saturated rings. The van der Waals surface area contributed by atoms with Crippen molar-refractivity contribution in [2.75, 3.05) is 52.3 Å². The van der Waals surface area contributed by atoms with Gasteiger partial charge in [-0.15, -0.1) is 0 Å². The molecule has 1 aromatic rings. The summed E-state index contributed by atoms with van der Waals surface area (Å²) in [5.74, 6) is -0.0295.